The summed E-state index contributed by atoms with van der Waals surface area (Å²) >= 11 is 0. The average Bonchev–Trinajstić information content (AvgIpc) is 2.64. The molecule has 24 heavy (non-hydrogen) atoms. The second kappa shape index (κ2) is 6.65. The molecule has 4 aromatic carbocycles. The van der Waals surface area contributed by atoms with Crippen molar-refractivity contribution in [3.8, 4) is 0 Å². The van der Waals surface area contributed by atoms with Crippen LogP contribution in [-0.4, -0.2) is 0 Å². The number of benzene rings is 4. The van der Waals surface area contributed by atoms with Gasteiger partial charge in [-0.3, -0.25) is 0 Å². The molecule has 0 radical (unpaired) electrons. The number of fused-ring (bicyclic) bond motifs is 5. The van der Waals surface area contributed by atoms with Crippen LogP contribution in [0.5, 0.6) is 0 Å². The van der Waals surface area contributed by atoms with E-state index in [9.17, 15) is 0 Å². The molecule has 0 aliphatic rings. The molecule has 4 aromatic rings. The van der Waals surface area contributed by atoms with E-state index in [-0.39, 0.29) is 0 Å². The minimum absolute atomic E-state index is 1.19. The van der Waals surface area contributed by atoms with Crippen LogP contribution in [-0.2, 0) is 6.42 Å². The van der Waals surface area contributed by atoms with Crippen molar-refractivity contribution in [2.45, 2.75) is 39.0 Å². The molecule has 0 bridgehead atoms. The van der Waals surface area contributed by atoms with Crippen molar-refractivity contribution in [3.63, 3.8) is 0 Å². The number of rotatable bonds is 5. The lowest BCUT2D eigenvalue weighted by molar-refractivity contribution is 0.668. The predicted molar refractivity (Wildman–Crippen MR) is 107 cm³/mol. The van der Waals surface area contributed by atoms with E-state index in [1.807, 2.05) is 0 Å². The summed E-state index contributed by atoms with van der Waals surface area (Å²) in [5.41, 5.74) is 1.50. The summed E-state index contributed by atoms with van der Waals surface area (Å²) in [4.78, 5) is 0. The topological polar surface area (TPSA) is 0 Å². The van der Waals surface area contributed by atoms with Crippen LogP contribution in [0.3, 0.4) is 0 Å². The number of hydrogen-bond acceptors (Lipinski definition) is 0. The third-order valence-electron chi connectivity index (χ3n) is 5.17. The van der Waals surface area contributed by atoms with Gasteiger partial charge in [0, 0.05) is 0 Å². The largest absolute Gasteiger partial charge is 0.0654 e. The van der Waals surface area contributed by atoms with Gasteiger partial charge in [0.15, 0.2) is 0 Å². The maximum absolute atomic E-state index is 2.33. The molecule has 0 saturated heterocycles. The van der Waals surface area contributed by atoms with Crippen LogP contribution in [0.1, 0.15) is 38.2 Å². The van der Waals surface area contributed by atoms with Gasteiger partial charge in [0.25, 0.3) is 0 Å². The lowest BCUT2D eigenvalue weighted by Crippen LogP contribution is -1.89. The first kappa shape index (κ1) is 15.2. The highest BCUT2D eigenvalue weighted by Crippen LogP contribution is 2.32. The number of hydrogen-bond donors (Lipinski definition) is 0. The molecule has 120 valence electrons. The fraction of sp³-hybridized carbons (Fsp3) is 0.250. The van der Waals surface area contributed by atoms with Gasteiger partial charge in [-0.2, -0.15) is 0 Å². The number of unbranched alkanes of at least 4 members (excludes halogenated alkanes) is 3. The molecule has 0 atom stereocenters. The van der Waals surface area contributed by atoms with Gasteiger partial charge < -0.3 is 0 Å². The Morgan fingerprint density at radius 1 is 0.542 bits per heavy atom. The summed E-state index contributed by atoms with van der Waals surface area (Å²) in [6.45, 7) is 2.27. The molecule has 0 aliphatic heterocycles. The lowest BCUT2D eigenvalue weighted by atomic mass is 9.93. The van der Waals surface area contributed by atoms with Crippen molar-refractivity contribution < 1.29 is 0 Å². The van der Waals surface area contributed by atoms with E-state index >= 15 is 0 Å². The maximum Gasteiger partial charge on any atom is -0.00989 e. The fourth-order valence-corrected chi connectivity index (χ4v) is 3.88. The van der Waals surface area contributed by atoms with E-state index in [1.54, 1.807) is 0 Å². The van der Waals surface area contributed by atoms with Gasteiger partial charge in [0.1, 0.15) is 0 Å². The highest BCUT2D eigenvalue weighted by Gasteiger charge is 2.07. The zero-order valence-electron chi connectivity index (χ0n) is 14.4. The standard InChI is InChI=1S/C24H24/c1-2-3-4-5-9-18-11-8-13-22-21(18)16-17-23-20-12-7-6-10-19(20)14-15-24(22)23/h6-8,10-17H,2-5,9H2,1H3. The van der Waals surface area contributed by atoms with Crippen molar-refractivity contribution in [3.05, 3.63) is 72.3 Å². The molecule has 0 saturated carbocycles. The molecule has 0 aliphatic carbocycles. The van der Waals surface area contributed by atoms with Crippen molar-refractivity contribution in [2.75, 3.05) is 0 Å². The predicted octanol–water partition coefficient (Wildman–Crippen LogP) is 7.27. The molecule has 0 aromatic heterocycles. The quantitative estimate of drug-likeness (QED) is 0.268. The van der Waals surface area contributed by atoms with E-state index in [4.69, 9.17) is 0 Å². The van der Waals surface area contributed by atoms with Gasteiger partial charge in [0.05, 0.1) is 0 Å². The Hall–Kier alpha value is -2.34. The zero-order chi connectivity index (χ0) is 16.4. The van der Waals surface area contributed by atoms with E-state index < -0.39 is 0 Å². The van der Waals surface area contributed by atoms with Crippen LogP contribution in [0.15, 0.2) is 66.7 Å². The van der Waals surface area contributed by atoms with Crippen molar-refractivity contribution in [1.29, 1.82) is 0 Å². The molecule has 0 unspecified atom stereocenters. The second-order valence-electron chi connectivity index (χ2n) is 6.77. The summed E-state index contributed by atoms with van der Waals surface area (Å²) < 4.78 is 0. The van der Waals surface area contributed by atoms with E-state index in [0.717, 1.165) is 0 Å². The third kappa shape index (κ3) is 2.67. The van der Waals surface area contributed by atoms with Gasteiger partial charge in [-0.15, -0.1) is 0 Å². The normalized spacial score (nSPS) is 11.5. The summed E-state index contributed by atoms with van der Waals surface area (Å²) in [5.74, 6) is 0. The van der Waals surface area contributed by atoms with Gasteiger partial charge in [0.2, 0.25) is 0 Å². The van der Waals surface area contributed by atoms with E-state index in [0.29, 0.717) is 0 Å². The van der Waals surface area contributed by atoms with Crippen molar-refractivity contribution in [2.24, 2.45) is 0 Å². The Balaban J connectivity index is 1.85. The van der Waals surface area contributed by atoms with Gasteiger partial charge in [-0.1, -0.05) is 92.9 Å². The Labute approximate surface area is 144 Å². The molecule has 4 rings (SSSR count). The molecule has 0 nitrogen and oxygen atoms in total. The minimum Gasteiger partial charge on any atom is -0.0654 e. The highest BCUT2D eigenvalue weighted by atomic mass is 14.1. The summed E-state index contributed by atoms with van der Waals surface area (Å²) in [6, 6.07) is 24.7. The summed E-state index contributed by atoms with van der Waals surface area (Å²) in [7, 11) is 0. The minimum atomic E-state index is 1.19. The van der Waals surface area contributed by atoms with Crippen LogP contribution in [0.2, 0.25) is 0 Å². The van der Waals surface area contributed by atoms with Gasteiger partial charge in [-0.05, 0) is 50.7 Å². The molecule has 0 spiro atoms. The van der Waals surface area contributed by atoms with Gasteiger partial charge in [-0.25, -0.2) is 0 Å². The summed E-state index contributed by atoms with van der Waals surface area (Å²) in [5, 5.41) is 8.23. The van der Waals surface area contributed by atoms with Crippen molar-refractivity contribution >= 4 is 32.3 Å². The second-order valence-corrected chi connectivity index (χ2v) is 6.77. The van der Waals surface area contributed by atoms with Gasteiger partial charge >= 0.3 is 0 Å². The monoisotopic (exact) mass is 312 g/mol. The first-order valence-electron chi connectivity index (χ1n) is 9.20. The van der Waals surface area contributed by atoms with Crippen LogP contribution in [0, 0.1) is 0 Å². The van der Waals surface area contributed by atoms with Crippen molar-refractivity contribution in [1.82, 2.24) is 0 Å². The lowest BCUT2D eigenvalue weighted by Gasteiger charge is -2.11. The first-order chi connectivity index (χ1) is 11.9. The van der Waals surface area contributed by atoms with Crippen LogP contribution < -0.4 is 0 Å². The number of aryl methyl sites for hydroxylation is 1. The SMILES string of the molecule is CCCCCCc1cccc2c1ccc1c3ccccc3ccc21. The first-order valence-corrected chi connectivity index (χ1v) is 9.20. The van der Waals surface area contributed by atoms with E-state index in [1.165, 1.54) is 70.0 Å². The fourth-order valence-electron chi connectivity index (χ4n) is 3.88. The Morgan fingerprint density at radius 3 is 2.17 bits per heavy atom. The zero-order valence-corrected chi connectivity index (χ0v) is 14.4. The molecular formula is C24H24. The third-order valence-corrected chi connectivity index (χ3v) is 5.17. The van der Waals surface area contributed by atoms with E-state index in [2.05, 4.69) is 73.7 Å². The highest BCUT2D eigenvalue weighted by molar-refractivity contribution is 6.17. The van der Waals surface area contributed by atoms with Crippen LogP contribution in [0.25, 0.3) is 32.3 Å². The average molecular weight is 312 g/mol. The Kier molecular flexibility index (Phi) is 4.21. The van der Waals surface area contributed by atoms with Crippen LogP contribution >= 0.6 is 0 Å². The maximum atomic E-state index is 2.33. The molecular weight excluding hydrogens is 288 g/mol. The Morgan fingerprint density at radius 2 is 1.25 bits per heavy atom. The molecule has 0 heteroatoms. The molecule has 0 N–H and O–H groups in total. The molecule has 0 heterocycles. The molecule has 0 fully saturated rings. The smallest absolute Gasteiger partial charge is 0.00989 e. The Bertz CT molecular complexity index is 995. The van der Waals surface area contributed by atoms with Crippen LogP contribution in [0.4, 0.5) is 0 Å². The summed E-state index contributed by atoms with van der Waals surface area (Å²) in [6.07, 6.45) is 6.47. The molecule has 0 amide bonds.